The third-order valence-corrected chi connectivity index (χ3v) is 3.40. The van der Waals surface area contributed by atoms with E-state index in [0.717, 1.165) is 13.0 Å². The zero-order valence-electron chi connectivity index (χ0n) is 11.7. The smallest absolute Gasteiger partial charge is 0.251 e. The summed E-state index contributed by atoms with van der Waals surface area (Å²) in [6, 6.07) is 7.38. The molecular weight excluding hydrogens is 254 g/mol. The Kier molecular flexibility index (Phi) is 5.12. The largest absolute Gasteiger partial charge is 0.350 e. The van der Waals surface area contributed by atoms with Crippen LogP contribution in [0.25, 0.3) is 0 Å². The summed E-state index contributed by atoms with van der Waals surface area (Å²) in [6.45, 7) is 3.46. The molecule has 1 heterocycles. The average Bonchev–Trinajstić information content (AvgIpc) is 2.98. The topological polar surface area (TPSA) is 70.2 Å². The Morgan fingerprint density at radius 3 is 2.95 bits per heavy atom. The van der Waals surface area contributed by atoms with Gasteiger partial charge in [0.15, 0.2) is 0 Å². The summed E-state index contributed by atoms with van der Waals surface area (Å²) in [5, 5.41) is 9.01. The van der Waals surface area contributed by atoms with E-state index in [4.69, 9.17) is 0 Å². The summed E-state index contributed by atoms with van der Waals surface area (Å²) in [5.41, 5.74) is 1.22. The number of amides is 2. The molecule has 1 aliphatic rings. The van der Waals surface area contributed by atoms with Crippen LogP contribution in [0.3, 0.4) is 0 Å². The van der Waals surface area contributed by atoms with Crippen molar-refractivity contribution in [2.24, 2.45) is 0 Å². The first-order valence-corrected chi connectivity index (χ1v) is 7.10. The fourth-order valence-electron chi connectivity index (χ4n) is 2.24. The molecular formula is C15H21N3O2. The Hall–Kier alpha value is -1.88. The number of benzene rings is 1. The van der Waals surface area contributed by atoms with E-state index in [1.165, 1.54) is 6.42 Å². The second-order valence-corrected chi connectivity index (χ2v) is 4.99. The molecule has 5 nitrogen and oxygen atoms in total. The minimum absolute atomic E-state index is 0.0577. The standard InChI is InChI=1S/C15H21N3O2/c1-2-14(19)18-12-6-3-5-11(9-12)15(20)17-10-13-7-4-8-16-13/h3,5-6,9,13,16H,2,4,7-8,10H2,1H3,(H,17,20)(H,18,19). The van der Waals surface area contributed by atoms with Crippen molar-refractivity contribution in [3.63, 3.8) is 0 Å². The summed E-state index contributed by atoms with van der Waals surface area (Å²) in [6.07, 6.45) is 2.69. The van der Waals surface area contributed by atoms with E-state index in [9.17, 15) is 9.59 Å². The van der Waals surface area contributed by atoms with E-state index in [-0.39, 0.29) is 11.8 Å². The Balaban J connectivity index is 1.91. The number of carbonyl (C=O) groups is 2. The van der Waals surface area contributed by atoms with Gasteiger partial charge in [0.1, 0.15) is 0 Å². The van der Waals surface area contributed by atoms with Crippen molar-refractivity contribution < 1.29 is 9.59 Å². The van der Waals surface area contributed by atoms with Gasteiger partial charge in [-0.2, -0.15) is 0 Å². The van der Waals surface area contributed by atoms with Crippen LogP contribution in [-0.2, 0) is 4.79 Å². The lowest BCUT2D eigenvalue weighted by Crippen LogP contribution is -2.37. The van der Waals surface area contributed by atoms with E-state index in [1.54, 1.807) is 31.2 Å². The Morgan fingerprint density at radius 1 is 1.40 bits per heavy atom. The van der Waals surface area contributed by atoms with Crippen molar-refractivity contribution in [1.82, 2.24) is 10.6 Å². The average molecular weight is 275 g/mol. The number of hydrogen-bond acceptors (Lipinski definition) is 3. The molecule has 1 atom stereocenters. The fraction of sp³-hybridized carbons (Fsp3) is 0.467. The summed E-state index contributed by atoms with van der Waals surface area (Å²) >= 11 is 0. The maximum Gasteiger partial charge on any atom is 0.251 e. The van der Waals surface area contributed by atoms with Gasteiger partial charge in [-0.25, -0.2) is 0 Å². The lowest BCUT2D eigenvalue weighted by molar-refractivity contribution is -0.115. The fourth-order valence-corrected chi connectivity index (χ4v) is 2.24. The molecule has 5 heteroatoms. The molecule has 1 aliphatic heterocycles. The molecule has 1 aromatic carbocycles. The van der Waals surface area contributed by atoms with Crippen LogP contribution in [0.1, 0.15) is 36.5 Å². The molecule has 1 aromatic rings. The van der Waals surface area contributed by atoms with Crippen molar-refractivity contribution in [3.05, 3.63) is 29.8 Å². The van der Waals surface area contributed by atoms with Crippen molar-refractivity contribution in [3.8, 4) is 0 Å². The highest BCUT2D eigenvalue weighted by atomic mass is 16.2. The number of hydrogen-bond donors (Lipinski definition) is 3. The molecule has 20 heavy (non-hydrogen) atoms. The van der Waals surface area contributed by atoms with Gasteiger partial charge in [0.25, 0.3) is 5.91 Å². The molecule has 108 valence electrons. The molecule has 1 saturated heterocycles. The van der Waals surface area contributed by atoms with Crippen LogP contribution in [0.5, 0.6) is 0 Å². The Morgan fingerprint density at radius 2 is 2.25 bits per heavy atom. The molecule has 0 aromatic heterocycles. The summed E-state index contributed by atoms with van der Waals surface area (Å²) in [5.74, 6) is -0.163. The SMILES string of the molecule is CCC(=O)Nc1cccc(C(=O)NCC2CCCN2)c1. The molecule has 2 amide bonds. The molecule has 3 N–H and O–H groups in total. The maximum absolute atomic E-state index is 12.1. The molecule has 1 unspecified atom stereocenters. The summed E-state index contributed by atoms with van der Waals surface area (Å²) < 4.78 is 0. The molecule has 0 saturated carbocycles. The summed E-state index contributed by atoms with van der Waals surface area (Å²) in [7, 11) is 0. The lowest BCUT2D eigenvalue weighted by Gasteiger charge is -2.12. The predicted molar refractivity (Wildman–Crippen MR) is 78.7 cm³/mol. The van der Waals surface area contributed by atoms with E-state index >= 15 is 0 Å². The third-order valence-electron chi connectivity index (χ3n) is 3.40. The molecule has 0 radical (unpaired) electrons. The van der Waals surface area contributed by atoms with Gasteiger partial charge in [-0.3, -0.25) is 9.59 Å². The van der Waals surface area contributed by atoms with E-state index < -0.39 is 0 Å². The van der Waals surface area contributed by atoms with Crippen LogP contribution in [0.2, 0.25) is 0 Å². The van der Waals surface area contributed by atoms with Crippen LogP contribution < -0.4 is 16.0 Å². The Labute approximate surface area is 119 Å². The molecule has 2 rings (SSSR count). The van der Waals surface area contributed by atoms with Crippen LogP contribution in [0.15, 0.2) is 24.3 Å². The van der Waals surface area contributed by atoms with E-state index in [1.807, 2.05) is 0 Å². The van der Waals surface area contributed by atoms with Crippen LogP contribution in [0, 0.1) is 0 Å². The molecule has 1 fully saturated rings. The predicted octanol–water partition coefficient (Wildman–Crippen LogP) is 1.52. The highest BCUT2D eigenvalue weighted by Crippen LogP contribution is 2.11. The van der Waals surface area contributed by atoms with Gasteiger partial charge >= 0.3 is 0 Å². The highest BCUT2D eigenvalue weighted by Gasteiger charge is 2.15. The molecule has 0 aliphatic carbocycles. The van der Waals surface area contributed by atoms with E-state index in [0.29, 0.717) is 30.3 Å². The second kappa shape index (κ2) is 7.05. The van der Waals surface area contributed by atoms with Crippen LogP contribution in [-0.4, -0.2) is 30.9 Å². The quantitative estimate of drug-likeness (QED) is 0.763. The number of carbonyl (C=O) groups excluding carboxylic acids is 2. The zero-order valence-corrected chi connectivity index (χ0v) is 11.7. The van der Waals surface area contributed by atoms with Crippen molar-refractivity contribution >= 4 is 17.5 Å². The first-order valence-electron chi connectivity index (χ1n) is 7.10. The minimum Gasteiger partial charge on any atom is -0.350 e. The third kappa shape index (κ3) is 4.06. The van der Waals surface area contributed by atoms with Crippen molar-refractivity contribution in [1.29, 1.82) is 0 Å². The van der Waals surface area contributed by atoms with Gasteiger partial charge in [0.05, 0.1) is 0 Å². The van der Waals surface area contributed by atoms with Crippen molar-refractivity contribution in [2.45, 2.75) is 32.2 Å². The summed E-state index contributed by atoms with van der Waals surface area (Å²) in [4.78, 5) is 23.4. The lowest BCUT2D eigenvalue weighted by atomic mass is 10.1. The maximum atomic E-state index is 12.1. The van der Waals surface area contributed by atoms with Crippen LogP contribution in [0.4, 0.5) is 5.69 Å². The highest BCUT2D eigenvalue weighted by molar-refractivity contribution is 5.97. The monoisotopic (exact) mass is 275 g/mol. The number of nitrogens with one attached hydrogen (secondary N) is 3. The van der Waals surface area contributed by atoms with Crippen molar-refractivity contribution in [2.75, 3.05) is 18.4 Å². The van der Waals surface area contributed by atoms with Gasteiger partial charge in [0.2, 0.25) is 5.91 Å². The van der Waals surface area contributed by atoms with Gasteiger partial charge < -0.3 is 16.0 Å². The first-order chi connectivity index (χ1) is 9.69. The van der Waals surface area contributed by atoms with Gasteiger partial charge in [-0.1, -0.05) is 13.0 Å². The number of rotatable bonds is 5. The van der Waals surface area contributed by atoms with Crippen LogP contribution >= 0.6 is 0 Å². The number of anilines is 1. The van der Waals surface area contributed by atoms with E-state index in [2.05, 4.69) is 16.0 Å². The minimum atomic E-state index is -0.105. The van der Waals surface area contributed by atoms with Gasteiger partial charge in [-0.05, 0) is 37.6 Å². The first kappa shape index (κ1) is 14.5. The zero-order chi connectivity index (χ0) is 14.4. The normalized spacial score (nSPS) is 17.8. The molecule has 0 spiro atoms. The second-order valence-electron chi connectivity index (χ2n) is 4.99. The van der Waals surface area contributed by atoms with Gasteiger partial charge in [-0.15, -0.1) is 0 Å². The molecule has 0 bridgehead atoms. The van der Waals surface area contributed by atoms with Gasteiger partial charge in [0, 0.05) is 30.3 Å². The Bertz CT molecular complexity index is 482.